The number of urea groups is 1. The first-order chi connectivity index (χ1) is 10.0. The third kappa shape index (κ3) is 4.59. The summed E-state index contributed by atoms with van der Waals surface area (Å²) in [4.78, 5) is 24.8. The number of carbonyl (C=O) groups is 2. The molecule has 0 spiro atoms. The van der Waals surface area contributed by atoms with Gasteiger partial charge in [-0.15, -0.1) is 0 Å². The molecule has 0 aromatic heterocycles. The molecular weight excluding hydrogens is 272 g/mol. The number of amides is 2. The van der Waals surface area contributed by atoms with Crippen LogP contribution in [0, 0.1) is 11.3 Å². The summed E-state index contributed by atoms with van der Waals surface area (Å²) in [6.07, 6.45) is 4.99. The molecule has 2 amide bonds. The van der Waals surface area contributed by atoms with E-state index in [1.54, 1.807) is 11.9 Å². The number of ether oxygens (including phenoxy) is 1. The van der Waals surface area contributed by atoms with Gasteiger partial charge in [0.2, 0.25) is 0 Å². The third-order valence-corrected chi connectivity index (χ3v) is 4.77. The summed E-state index contributed by atoms with van der Waals surface area (Å²) in [6.45, 7) is 2.76. The predicted molar refractivity (Wildman–Crippen MR) is 78.1 cm³/mol. The lowest BCUT2D eigenvalue weighted by Gasteiger charge is -2.41. The molecule has 6 heteroatoms. The van der Waals surface area contributed by atoms with Crippen LogP contribution in [0.4, 0.5) is 4.79 Å². The van der Waals surface area contributed by atoms with E-state index >= 15 is 0 Å². The van der Waals surface area contributed by atoms with Crippen LogP contribution in [0.25, 0.3) is 0 Å². The second-order valence-electron chi connectivity index (χ2n) is 6.52. The Morgan fingerprint density at radius 2 is 2.00 bits per heavy atom. The lowest BCUT2D eigenvalue weighted by atomic mass is 9.66. The summed E-state index contributed by atoms with van der Waals surface area (Å²) in [5.74, 6) is -0.273. The lowest BCUT2D eigenvalue weighted by Crippen LogP contribution is -2.48. The minimum Gasteiger partial charge on any atom is -0.481 e. The Bertz CT molecular complexity index is 376. The summed E-state index contributed by atoms with van der Waals surface area (Å²) in [5, 5.41) is 11.9. The second kappa shape index (κ2) is 7.11. The van der Waals surface area contributed by atoms with Crippen molar-refractivity contribution < 1.29 is 19.4 Å². The molecule has 1 heterocycles. The Morgan fingerprint density at radius 3 is 2.52 bits per heavy atom. The molecule has 1 aliphatic heterocycles. The fourth-order valence-electron chi connectivity index (χ4n) is 3.21. The minimum absolute atomic E-state index is 0.0989. The maximum absolute atomic E-state index is 12.1. The van der Waals surface area contributed by atoms with Crippen molar-refractivity contribution in [3.05, 3.63) is 0 Å². The van der Waals surface area contributed by atoms with Gasteiger partial charge in [-0.1, -0.05) is 6.42 Å². The van der Waals surface area contributed by atoms with E-state index < -0.39 is 5.97 Å². The van der Waals surface area contributed by atoms with E-state index in [4.69, 9.17) is 9.84 Å². The van der Waals surface area contributed by atoms with Crippen molar-refractivity contribution in [2.45, 2.75) is 38.5 Å². The van der Waals surface area contributed by atoms with Crippen molar-refractivity contribution in [3.8, 4) is 0 Å². The van der Waals surface area contributed by atoms with Crippen LogP contribution in [0.3, 0.4) is 0 Å². The Morgan fingerprint density at radius 1 is 1.33 bits per heavy atom. The molecule has 120 valence electrons. The van der Waals surface area contributed by atoms with Gasteiger partial charge in [0.05, 0.1) is 6.42 Å². The number of nitrogens with zero attached hydrogens (tertiary/aromatic N) is 1. The van der Waals surface area contributed by atoms with Crippen LogP contribution in [0.2, 0.25) is 0 Å². The molecule has 1 saturated heterocycles. The van der Waals surface area contributed by atoms with Crippen molar-refractivity contribution >= 4 is 12.0 Å². The molecule has 21 heavy (non-hydrogen) atoms. The molecule has 6 nitrogen and oxygen atoms in total. The second-order valence-corrected chi connectivity index (χ2v) is 6.52. The molecular formula is C15H26N2O4. The summed E-state index contributed by atoms with van der Waals surface area (Å²) < 4.78 is 5.32. The maximum Gasteiger partial charge on any atom is 0.317 e. The van der Waals surface area contributed by atoms with E-state index in [0.29, 0.717) is 12.5 Å². The molecule has 2 N–H and O–H groups in total. The summed E-state index contributed by atoms with van der Waals surface area (Å²) in [6, 6.07) is -0.0989. The standard InChI is InChI=1S/C15H26N2O4/c1-17(10-12-3-7-21-8-4-12)14(20)16-11-15(5-2-6-15)9-13(18)19/h12H,2-11H2,1H3,(H,16,20)(H,18,19). The van der Waals surface area contributed by atoms with Gasteiger partial charge in [-0.25, -0.2) is 4.79 Å². The van der Waals surface area contributed by atoms with E-state index in [9.17, 15) is 9.59 Å². The highest BCUT2D eigenvalue weighted by atomic mass is 16.5. The Kier molecular flexibility index (Phi) is 5.45. The average molecular weight is 298 g/mol. The van der Waals surface area contributed by atoms with Crippen LogP contribution in [0.15, 0.2) is 0 Å². The van der Waals surface area contributed by atoms with Crippen LogP contribution in [0.5, 0.6) is 0 Å². The molecule has 0 radical (unpaired) electrons. The molecule has 1 aliphatic carbocycles. The van der Waals surface area contributed by atoms with E-state index in [0.717, 1.165) is 51.9 Å². The van der Waals surface area contributed by atoms with Crippen molar-refractivity contribution in [2.24, 2.45) is 11.3 Å². The fourth-order valence-corrected chi connectivity index (χ4v) is 3.21. The minimum atomic E-state index is -0.778. The van der Waals surface area contributed by atoms with Gasteiger partial charge in [-0.3, -0.25) is 4.79 Å². The monoisotopic (exact) mass is 298 g/mol. The number of aliphatic carboxylic acids is 1. The summed E-state index contributed by atoms with van der Waals surface area (Å²) >= 11 is 0. The van der Waals surface area contributed by atoms with Gasteiger partial charge in [-0.05, 0) is 37.0 Å². The number of nitrogens with one attached hydrogen (secondary N) is 1. The molecule has 0 aromatic rings. The molecule has 0 atom stereocenters. The van der Waals surface area contributed by atoms with Gasteiger partial charge >= 0.3 is 12.0 Å². The van der Waals surface area contributed by atoms with Crippen molar-refractivity contribution in [1.29, 1.82) is 0 Å². The molecule has 0 aromatic carbocycles. The largest absolute Gasteiger partial charge is 0.481 e. The molecule has 2 aliphatic rings. The lowest BCUT2D eigenvalue weighted by molar-refractivity contribution is -0.141. The number of carboxylic acid groups (broad SMARTS) is 1. The number of carbonyl (C=O) groups excluding carboxylic acids is 1. The quantitative estimate of drug-likeness (QED) is 0.782. The van der Waals surface area contributed by atoms with E-state index in [-0.39, 0.29) is 17.9 Å². The zero-order valence-corrected chi connectivity index (χ0v) is 12.8. The Hall–Kier alpha value is -1.30. The number of hydrogen-bond acceptors (Lipinski definition) is 3. The van der Waals surface area contributed by atoms with Gasteiger partial charge in [0, 0.05) is 33.4 Å². The topological polar surface area (TPSA) is 78.9 Å². The van der Waals surface area contributed by atoms with Gasteiger partial charge < -0.3 is 20.1 Å². The van der Waals surface area contributed by atoms with Crippen LogP contribution >= 0.6 is 0 Å². The highest BCUT2D eigenvalue weighted by Crippen LogP contribution is 2.43. The average Bonchev–Trinajstić information content (AvgIpc) is 2.42. The SMILES string of the molecule is CN(CC1CCOCC1)C(=O)NCC1(CC(=O)O)CCC1. The van der Waals surface area contributed by atoms with E-state index in [1.165, 1.54) is 0 Å². The van der Waals surface area contributed by atoms with E-state index in [2.05, 4.69) is 5.32 Å². The van der Waals surface area contributed by atoms with Crippen LogP contribution < -0.4 is 5.32 Å². The first kappa shape index (κ1) is 16.1. The zero-order valence-electron chi connectivity index (χ0n) is 12.8. The highest BCUT2D eigenvalue weighted by Gasteiger charge is 2.39. The molecule has 0 unspecified atom stereocenters. The third-order valence-electron chi connectivity index (χ3n) is 4.77. The first-order valence-corrected chi connectivity index (χ1v) is 7.79. The van der Waals surface area contributed by atoms with Crippen molar-refractivity contribution in [3.63, 3.8) is 0 Å². The van der Waals surface area contributed by atoms with Gasteiger partial charge in [0.15, 0.2) is 0 Å². The molecule has 1 saturated carbocycles. The van der Waals surface area contributed by atoms with E-state index in [1.807, 2.05) is 0 Å². The molecule has 2 fully saturated rings. The van der Waals surface area contributed by atoms with Crippen LogP contribution in [-0.2, 0) is 9.53 Å². The zero-order chi connectivity index (χ0) is 15.3. The van der Waals surface area contributed by atoms with Gasteiger partial charge in [0.1, 0.15) is 0 Å². The van der Waals surface area contributed by atoms with Crippen LogP contribution in [-0.4, -0.2) is 55.4 Å². The number of carboxylic acids is 1. The first-order valence-electron chi connectivity index (χ1n) is 7.79. The number of hydrogen-bond donors (Lipinski definition) is 2. The van der Waals surface area contributed by atoms with Crippen molar-refractivity contribution in [2.75, 3.05) is 33.4 Å². The van der Waals surface area contributed by atoms with Gasteiger partial charge in [0.25, 0.3) is 0 Å². The number of rotatable bonds is 6. The smallest absolute Gasteiger partial charge is 0.317 e. The maximum atomic E-state index is 12.1. The van der Waals surface area contributed by atoms with Gasteiger partial charge in [-0.2, -0.15) is 0 Å². The molecule has 0 bridgehead atoms. The predicted octanol–water partition coefficient (Wildman–Crippen LogP) is 1.70. The summed E-state index contributed by atoms with van der Waals surface area (Å²) in [7, 11) is 1.80. The fraction of sp³-hybridized carbons (Fsp3) is 0.867. The van der Waals surface area contributed by atoms with Crippen LogP contribution in [0.1, 0.15) is 38.5 Å². The summed E-state index contributed by atoms with van der Waals surface area (Å²) in [5.41, 5.74) is -0.221. The van der Waals surface area contributed by atoms with Crippen molar-refractivity contribution in [1.82, 2.24) is 10.2 Å². The normalized spacial score (nSPS) is 21.4. The Balaban J connectivity index is 1.73. The molecule has 2 rings (SSSR count). The highest BCUT2D eigenvalue weighted by molar-refractivity contribution is 5.74. The Labute approximate surface area is 125 Å².